The minimum absolute atomic E-state index is 0.0637. The number of hydrogen-bond acceptors (Lipinski definition) is 7. The number of carbonyl (C=O) groups excluding carboxylic acids is 1. The Morgan fingerprint density at radius 2 is 1.97 bits per heavy atom. The first-order valence-electron chi connectivity index (χ1n) is 10.5. The van der Waals surface area contributed by atoms with Crippen molar-refractivity contribution in [1.82, 2.24) is 13.9 Å². The zero-order chi connectivity index (χ0) is 23.4. The minimum Gasteiger partial charge on any atom is -0.482 e. The Bertz CT molecular complexity index is 1250. The zero-order valence-corrected chi connectivity index (χ0v) is 19.6. The molecule has 1 fully saturated rings. The van der Waals surface area contributed by atoms with Crippen molar-refractivity contribution >= 4 is 38.6 Å². The topological polar surface area (TPSA) is 100.0 Å². The van der Waals surface area contributed by atoms with E-state index in [1.807, 2.05) is 11.5 Å². The Labute approximate surface area is 196 Å². The second kappa shape index (κ2) is 10.1. The van der Waals surface area contributed by atoms with Gasteiger partial charge in [0.2, 0.25) is 10.0 Å². The quantitative estimate of drug-likeness (QED) is 0.445. The molecule has 4 rings (SSSR count). The fraction of sp³-hybridized carbons (Fsp3) is 0.364. The molecule has 2 heterocycles. The first-order valence-corrected chi connectivity index (χ1v) is 12.3. The van der Waals surface area contributed by atoms with Crippen LogP contribution in [-0.2, 0) is 37.4 Å². The highest BCUT2D eigenvalue weighted by Gasteiger charge is 2.27. The van der Waals surface area contributed by atoms with Gasteiger partial charge in [0.05, 0.1) is 29.1 Å². The Morgan fingerprint density at radius 1 is 1.18 bits per heavy atom. The van der Waals surface area contributed by atoms with Crippen LogP contribution in [0.3, 0.4) is 0 Å². The van der Waals surface area contributed by atoms with Crippen LogP contribution in [0.5, 0.6) is 5.75 Å². The van der Waals surface area contributed by atoms with Crippen molar-refractivity contribution in [3.8, 4) is 5.75 Å². The van der Waals surface area contributed by atoms with Crippen molar-refractivity contribution in [2.75, 3.05) is 32.9 Å². The molecule has 0 bridgehead atoms. The number of morpholine rings is 1. The summed E-state index contributed by atoms with van der Waals surface area (Å²) >= 11 is 5.90. The summed E-state index contributed by atoms with van der Waals surface area (Å²) in [6, 6.07) is 11.6. The molecule has 11 heteroatoms. The van der Waals surface area contributed by atoms with Gasteiger partial charge in [0.1, 0.15) is 18.2 Å². The number of benzene rings is 2. The third-order valence-corrected chi connectivity index (χ3v) is 7.37. The Balaban J connectivity index is 1.47. The number of nitrogens with zero attached hydrogens (tertiary/aromatic N) is 3. The number of carbonyl (C=O) groups is 1. The molecule has 0 radical (unpaired) electrons. The van der Waals surface area contributed by atoms with Gasteiger partial charge in [0.15, 0.2) is 6.61 Å². The molecule has 0 saturated carbocycles. The predicted octanol–water partition coefficient (Wildman–Crippen LogP) is 2.85. The highest BCUT2D eigenvalue weighted by atomic mass is 35.5. The summed E-state index contributed by atoms with van der Waals surface area (Å²) in [5, 5.41) is 0.507. The van der Waals surface area contributed by atoms with Crippen LogP contribution < -0.4 is 4.74 Å². The number of hydrogen-bond donors (Lipinski definition) is 0. The number of sulfonamides is 1. The smallest absolute Gasteiger partial charge is 0.344 e. The largest absolute Gasteiger partial charge is 0.482 e. The molecule has 1 aliphatic rings. The standard InChI is InChI=1S/C22H24ClN3O6S/c1-2-26-20-7-6-18(33(28,29)25-8-10-30-11-9-25)13-19(20)24-21(26)14-32-22(27)15-31-17-5-3-4-16(23)12-17/h3-7,12-13H,2,8-11,14-15H2,1H3. The monoisotopic (exact) mass is 493 g/mol. The van der Waals surface area contributed by atoms with Crippen LogP contribution in [0.25, 0.3) is 11.0 Å². The van der Waals surface area contributed by atoms with E-state index in [-0.39, 0.29) is 18.1 Å². The summed E-state index contributed by atoms with van der Waals surface area (Å²) in [4.78, 5) is 16.8. The third kappa shape index (κ3) is 5.30. The summed E-state index contributed by atoms with van der Waals surface area (Å²) in [6.45, 7) is 3.58. The van der Waals surface area contributed by atoms with Gasteiger partial charge in [0, 0.05) is 24.7 Å². The van der Waals surface area contributed by atoms with Gasteiger partial charge < -0.3 is 18.8 Å². The number of esters is 1. The van der Waals surface area contributed by atoms with E-state index in [0.29, 0.717) is 55.0 Å². The molecule has 0 N–H and O–H groups in total. The molecule has 9 nitrogen and oxygen atoms in total. The first-order chi connectivity index (χ1) is 15.9. The van der Waals surface area contributed by atoms with Crippen LogP contribution in [0.15, 0.2) is 47.4 Å². The number of aromatic nitrogens is 2. The molecule has 0 atom stereocenters. The van der Waals surface area contributed by atoms with Crippen molar-refractivity contribution in [3.63, 3.8) is 0 Å². The van der Waals surface area contributed by atoms with Gasteiger partial charge in [-0.05, 0) is 43.3 Å². The maximum Gasteiger partial charge on any atom is 0.344 e. The van der Waals surface area contributed by atoms with Crippen molar-refractivity contribution < 1.29 is 27.4 Å². The molecule has 1 aromatic heterocycles. The summed E-state index contributed by atoms with van der Waals surface area (Å²) in [6.07, 6.45) is 0. The van der Waals surface area contributed by atoms with Crippen molar-refractivity contribution in [1.29, 1.82) is 0 Å². The molecule has 0 unspecified atom stereocenters. The van der Waals surface area contributed by atoms with Crippen LogP contribution in [0, 0.1) is 0 Å². The van der Waals surface area contributed by atoms with E-state index in [2.05, 4.69) is 4.98 Å². The van der Waals surface area contributed by atoms with Crippen LogP contribution in [-0.4, -0.2) is 61.2 Å². The lowest BCUT2D eigenvalue weighted by Gasteiger charge is -2.26. The van der Waals surface area contributed by atoms with Crippen molar-refractivity contribution in [2.45, 2.75) is 25.0 Å². The number of aryl methyl sites for hydroxylation is 1. The molecular formula is C22H24ClN3O6S. The van der Waals surface area contributed by atoms with E-state index in [4.69, 9.17) is 25.8 Å². The zero-order valence-electron chi connectivity index (χ0n) is 18.1. The van der Waals surface area contributed by atoms with Gasteiger partial charge in [-0.3, -0.25) is 0 Å². The Hall–Kier alpha value is -2.66. The lowest BCUT2D eigenvalue weighted by molar-refractivity contribution is -0.147. The van der Waals surface area contributed by atoms with Gasteiger partial charge in [-0.25, -0.2) is 18.2 Å². The average molecular weight is 494 g/mol. The van der Waals surface area contributed by atoms with Crippen LogP contribution in [0.4, 0.5) is 0 Å². The molecule has 2 aromatic carbocycles. The normalized spacial score (nSPS) is 15.0. The summed E-state index contributed by atoms with van der Waals surface area (Å²) < 4.78 is 45.2. The maximum absolute atomic E-state index is 13.0. The number of imidazole rings is 1. The molecule has 1 aliphatic heterocycles. The van der Waals surface area contributed by atoms with E-state index >= 15 is 0 Å². The predicted molar refractivity (Wildman–Crippen MR) is 122 cm³/mol. The summed E-state index contributed by atoms with van der Waals surface area (Å²) in [5.41, 5.74) is 1.28. The molecule has 0 amide bonds. The molecule has 33 heavy (non-hydrogen) atoms. The van der Waals surface area contributed by atoms with Crippen molar-refractivity contribution in [3.05, 3.63) is 53.3 Å². The van der Waals surface area contributed by atoms with Crippen molar-refractivity contribution in [2.24, 2.45) is 0 Å². The number of fused-ring (bicyclic) bond motifs is 1. The Kier molecular flexibility index (Phi) is 7.18. The molecule has 176 valence electrons. The minimum atomic E-state index is -3.63. The molecule has 3 aromatic rings. The van der Waals surface area contributed by atoms with Gasteiger partial charge in [-0.1, -0.05) is 17.7 Å². The molecule has 1 saturated heterocycles. The maximum atomic E-state index is 13.0. The fourth-order valence-electron chi connectivity index (χ4n) is 3.60. The first kappa shape index (κ1) is 23.5. The van der Waals surface area contributed by atoms with E-state index in [1.54, 1.807) is 42.5 Å². The Morgan fingerprint density at radius 3 is 2.70 bits per heavy atom. The lowest BCUT2D eigenvalue weighted by atomic mass is 10.3. The summed E-state index contributed by atoms with van der Waals surface area (Å²) in [7, 11) is -3.63. The third-order valence-electron chi connectivity index (χ3n) is 5.24. The highest BCUT2D eigenvalue weighted by molar-refractivity contribution is 7.89. The van der Waals surface area contributed by atoms with Gasteiger partial charge in [0.25, 0.3) is 0 Å². The average Bonchev–Trinajstić information content (AvgIpc) is 3.18. The van der Waals surface area contributed by atoms with Crippen LogP contribution >= 0.6 is 11.6 Å². The molecule has 0 aliphatic carbocycles. The van der Waals surface area contributed by atoms with Gasteiger partial charge in [-0.15, -0.1) is 0 Å². The lowest BCUT2D eigenvalue weighted by Crippen LogP contribution is -2.40. The second-order valence-electron chi connectivity index (χ2n) is 7.35. The van der Waals surface area contributed by atoms with Gasteiger partial charge in [-0.2, -0.15) is 4.31 Å². The molecular weight excluding hydrogens is 470 g/mol. The van der Waals surface area contributed by atoms with E-state index < -0.39 is 16.0 Å². The SMILES string of the molecule is CCn1c(COC(=O)COc2cccc(Cl)c2)nc2cc(S(=O)(=O)N3CCOCC3)ccc21. The van der Waals surface area contributed by atoms with E-state index in [9.17, 15) is 13.2 Å². The fourth-order valence-corrected chi connectivity index (χ4v) is 5.21. The number of halogens is 1. The van der Waals surface area contributed by atoms with Crippen LogP contribution in [0.2, 0.25) is 5.02 Å². The van der Waals surface area contributed by atoms with E-state index in [1.165, 1.54) is 4.31 Å². The summed E-state index contributed by atoms with van der Waals surface area (Å²) in [5.74, 6) is 0.430. The number of ether oxygens (including phenoxy) is 3. The number of rotatable bonds is 8. The van der Waals surface area contributed by atoms with E-state index in [0.717, 1.165) is 5.52 Å². The molecule has 0 spiro atoms. The van der Waals surface area contributed by atoms with Crippen LogP contribution in [0.1, 0.15) is 12.7 Å². The van der Waals surface area contributed by atoms with Gasteiger partial charge >= 0.3 is 5.97 Å². The second-order valence-corrected chi connectivity index (χ2v) is 9.72. The highest BCUT2D eigenvalue weighted by Crippen LogP contribution is 2.24.